The smallest absolute Gasteiger partial charge is 0.251 e. The molecule has 0 saturated heterocycles. The van der Waals surface area contributed by atoms with Crippen molar-refractivity contribution >= 4 is 28.5 Å². The van der Waals surface area contributed by atoms with Crippen molar-refractivity contribution in [2.24, 2.45) is 0 Å². The number of halogens is 1. The van der Waals surface area contributed by atoms with Crippen LogP contribution in [0.25, 0.3) is 11.0 Å². The highest BCUT2D eigenvalue weighted by molar-refractivity contribution is 6.32. The van der Waals surface area contributed by atoms with Crippen LogP contribution in [0.15, 0.2) is 60.9 Å². The van der Waals surface area contributed by atoms with Crippen LogP contribution in [0, 0.1) is 13.8 Å². The largest absolute Gasteiger partial charge is 0.494 e. The van der Waals surface area contributed by atoms with E-state index in [1.54, 1.807) is 24.5 Å². The molecule has 2 heterocycles. The molecule has 0 saturated carbocycles. The first-order chi connectivity index (χ1) is 16.4. The number of carbonyl (C=O) groups is 1. The number of nitrogens with zero attached hydrogens (tertiary/aromatic N) is 3. The van der Waals surface area contributed by atoms with Gasteiger partial charge in [-0.3, -0.25) is 9.78 Å². The van der Waals surface area contributed by atoms with Crippen molar-refractivity contribution in [1.29, 1.82) is 0 Å². The average molecular weight is 477 g/mol. The Bertz CT molecular complexity index is 1260. The van der Waals surface area contributed by atoms with E-state index in [0.717, 1.165) is 58.1 Å². The van der Waals surface area contributed by atoms with E-state index in [4.69, 9.17) is 21.3 Å². The fraction of sp³-hybridized carbons (Fsp3) is 0.296. The highest BCUT2D eigenvalue weighted by Gasteiger charge is 2.19. The van der Waals surface area contributed by atoms with E-state index in [9.17, 15) is 4.79 Å². The molecule has 1 amide bonds. The van der Waals surface area contributed by atoms with E-state index in [1.165, 1.54) is 0 Å². The van der Waals surface area contributed by atoms with Gasteiger partial charge in [0.05, 0.1) is 23.7 Å². The second-order valence-corrected chi connectivity index (χ2v) is 8.85. The maximum Gasteiger partial charge on any atom is 0.251 e. The SMILES string of the molecule is Cc1cc(OCCCCn2c(C(C)NC(=O)c3ccncc3)nc3ccccc32)cc(C)c1Cl. The predicted molar refractivity (Wildman–Crippen MR) is 136 cm³/mol. The number of imidazole rings is 1. The average Bonchev–Trinajstić information content (AvgIpc) is 3.21. The van der Waals surface area contributed by atoms with E-state index in [0.29, 0.717) is 12.2 Å². The van der Waals surface area contributed by atoms with Gasteiger partial charge in [0, 0.05) is 29.5 Å². The van der Waals surface area contributed by atoms with Crippen molar-refractivity contribution < 1.29 is 9.53 Å². The third-order valence-corrected chi connectivity index (χ3v) is 6.41. The number of rotatable bonds is 9. The van der Waals surface area contributed by atoms with E-state index in [1.807, 2.05) is 51.1 Å². The molecular formula is C27H29ClN4O2. The number of nitrogens with one attached hydrogen (secondary N) is 1. The number of hydrogen-bond donors (Lipinski definition) is 1. The molecule has 0 radical (unpaired) electrons. The van der Waals surface area contributed by atoms with Crippen molar-refractivity contribution in [3.8, 4) is 5.75 Å². The Hall–Kier alpha value is -3.38. The summed E-state index contributed by atoms with van der Waals surface area (Å²) in [5, 5.41) is 3.86. The first-order valence-electron chi connectivity index (χ1n) is 11.5. The first kappa shape index (κ1) is 23.8. The van der Waals surface area contributed by atoms with Crippen LogP contribution in [0.5, 0.6) is 5.75 Å². The summed E-state index contributed by atoms with van der Waals surface area (Å²) in [6.07, 6.45) is 5.04. The molecule has 0 spiro atoms. The number of carbonyl (C=O) groups excluding carboxylic acids is 1. The van der Waals surface area contributed by atoms with Crippen LogP contribution in [0.1, 0.15) is 53.1 Å². The molecule has 6 nitrogen and oxygen atoms in total. The number of hydrogen-bond acceptors (Lipinski definition) is 4. The summed E-state index contributed by atoms with van der Waals surface area (Å²) in [6, 6.07) is 15.2. The second-order valence-electron chi connectivity index (χ2n) is 8.47. The molecule has 4 aromatic rings. The molecule has 2 aromatic carbocycles. The van der Waals surface area contributed by atoms with Crippen LogP contribution < -0.4 is 10.1 Å². The number of aryl methyl sites for hydroxylation is 3. The summed E-state index contributed by atoms with van der Waals surface area (Å²) < 4.78 is 8.16. The van der Waals surface area contributed by atoms with Gasteiger partial charge in [0.25, 0.3) is 5.91 Å². The maximum atomic E-state index is 12.7. The van der Waals surface area contributed by atoms with Gasteiger partial charge >= 0.3 is 0 Å². The van der Waals surface area contributed by atoms with Crippen molar-refractivity contribution in [2.75, 3.05) is 6.61 Å². The quantitative estimate of drug-likeness (QED) is 0.298. The Labute approximate surface area is 204 Å². The third-order valence-electron chi connectivity index (χ3n) is 5.82. The summed E-state index contributed by atoms with van der Waals surface area (Å²) in [4.78, 5) is 21.5. The van der Waals surface area contributed by atoms with Crippen LogP contribution in [0.2, 0.25) is 5.02 Å². The van der Waals surface area contributed by atoms with Gasteiger partial charge in [0.1, 0.15) is 11.6 Å². The highest BCUT2D eigenvalue weighted by atomic mass is 35.5. The number of amides is 1. The fourth-order valence-electron chi connectivity index (χ4n) is 4.06. The maximum absolute atomic E-state index is 12.7. The molecule has 7 heteroatoms. The van der Waals surface area contributed by atoms with Gasteiger partial charge in [-0.2, -0.15) is 0 Å². The molecule has 2 aromatic heterocycles. The van der Waals surface area contributed by atoms with Gasteiger partial charge < -0.3 is 14.6 Å². The Kier molecular flexibility index (Phi) is 7.48. The fourth-order valence-corrected chi connectivity index (χ4v) is 4.17. The summed E-state index contributed by atoms with van der Waals surface area (Å²) in [7, 11) is 0. The zero-order chi connectivity index (χ0) is 24.1. The van der Waals surface area contributed by atoms with E-state index >= 15 is 0 Å². The Balaban J connectivity index is 1.41. The minimum Gasteiger partial charge on any atom is -0.494 e. The Morgan fingerprint density at radius 2 is 1.79 bits per heavy atom. The lowest BCUT2D eigenvalue weighted by atomic mass is 10.1. The molecule has 34 heavy (non-hydrogen) atoms. The molecule has 0 aliphatic rings. The molecule has 0 aliphatic heterocycles. The van der Waals surface area contributed by atoms with Crippen molar-refractivity contribution in [2.45, 2.75) is 46.2 Å². The lowest BCUT2D eigenvalue weighted by Gasteiger charge is -2.16. The van der Waals surface area contributed by atoms with Gasteiger partial charge in [0.15, 0.2) is 0 Å². The number of pyridine rings is 1. The van der Waals surface area contributed by atoms with Gasteiger partial charge in [-0.05, 0) is 81.1 Å². The van der Waals surface area contributed by atoms with Gasteiger partial charge in [-0.25, -0.2) is 4.98 Å². The Morgan fingerprint density at radius 1 is 1.09 bits per heavy atom. The minimum atomic E-state index is -0.246. The Morgan fingerprint density at radius 3 is 2.53 bits per heavy atom. The van der Waals surface area contributed by atoms with E-state index in [2.05, 4.69) is 20.9 Å². The lowest BCUT2D eigenvalue weighted by molar-refractivity contribution is 0.0937. The topological polar surface area (TPSA) is 69.0 Å². The van der Waals surface area contributed by atoms with Gasteiger partial charge in [-0.1, -0.05) is 23.7 Å². The van der Waals surface area contributed by atoms with Crippen LogP contribution in [-0.4, -0.2) is 27.0 Å². The molecule has 0 aliphatic carbocycles. The number of aromatic nitrogens is 3. The summed E-state index contributed by atoms with van der Waals surface area (Å²) in [6.45, 7) is 7.35. The number of ether oxygens (including phenoxy) is 1. The number of unbranched alkanes of at least 4 members (excludes halogenated alkanes) is 1. The number of benzene rings is 2. The summed E-state index contributed by atoms with van der Waals surface area (Å²) >= 11 is 6.25. The summed E-state index contributed by atoms with van der Waals surface area (Å²) in [5.41, 5.74) is 4.61. The van der Waals surface area contributed by atoms with Gasteiger partial charge in [-0.15, -0.1) is 0 Å². The van der Waals surface area contributed by atoms with Crippen molar-refractivity contribution in [3.05, 3.63) is 88.5 Å². The molecule has 1 atom stereocenters. The van der Waals surface area contributed by atoms with Crippen LogP contribution in [0.4, 0.5) is 0 Å². The minimum absolute atomic E-state index is 0.143. The number of para-hydroxylation sites is 2. The molecular weight excluding hydrogens is 448 g/mol. The van der Waals surface area contributed by atoms with Crippen LogP contribution in [-0.2, 0) is 6.54 Å². The molecule has 176 valence electrons. The highest BCUT2D eigenvalue weighted by Crippen LogP contribution is 2.26. The van der Waals surface area contributed by atoms with Crippen LogP contribution in [0.3, 0.4) is 0 Å². The van der Waals surface area contributed by atoms with Crippen molar-refractivity contribution in [1.82, 2.24) is 19.9 Å². The first-order valence-corrected chi connectivity index (χ1v) is 11.9. The zero-order valence-electron chi connectivity index (χ0n) is 19.7. The molecule has 1 unspecified atom stereocenters. The van der Waals surface area contributed by atoms with Gasteiger partial charge in [0.2, 0.25) is 0 Å². The second kappa shape index (κ2) is 10.7. The van der Waals surface area contributed by atoms with E-state index in [-0.39, 0.29) is 11.9 Å². The summed E-state index contributed by atoms with van der Waals surface area (Å²) in [5.74, 6) is 1.55. The lowest BCUT2D eigenvalue weighted by Crippen LogP contribution is -2.28. The third kappa shape index (κ3) is 5.39. The molecule has 4 rings (SSSR count). The van der Waals surface area contributed by atoms with Crippen molar-refractivity contribution in [3.63, 3.8) is 0 Å². The number of fused-ring (bicyclic) bond motifs is 1. The predicted octanol–water partition coefficient (Wildman–Crippen LogP) is 6.05. The van der Waals surface area contributed by atoms with Crippen LogP contribution >= 0.6 is 11.6 Å². The molecule has 0 bridgehead atoms. The zero-order valence-corrected chi connectivity index (χ0v) is 20.5. The normalized spacial score (nSPS) is 12.0. The van der Waals surface area contributed by atoms with E-state index < -0.39 is 0 Å². The standard InChI is InChI=1S/C27H29ClN4O2/c1-18-16-22(17-19(2)25(18)28)34-15-7-6-14-32-24-9-5-4-8-23(24)31-26(32)20(3)30-27(33)21-10-12-29-13-11-21/h4-5,8-13,16-17,20H,6-7,14-15H2,1-3H3,(H,30,33). The molecule has 1 N–H and O–H groups in total. The monoisotopic (exact) mass is 476 g/mol. The molecule has 0 fully saturated rings.